The SMILES string of the molecule is CCCCCCC[C@H]1C[C@@H](O)N(Cc2ccccc2)C(=O)[C@@]12CCCC2=O. The quantitative estimate of drug-likeness (QED) is 0.542. The van der Waals surface area contributed by atoms with Gasteiger partial charge >= 0.3 is 0 Å². The highest BCUT2D eigenvalue weighted by Gasteiger charge is 2.58. The molecule has 0 unspecified atom stereocenters. The number of nitrogens with zero attached hydrogens (tertiary/aromatic N) is 1. The summed E-state index contributed by atoms with van der Waals surface area (Å²) in [6, 6.07) is 9.73. The summed E-state index contributed by atoms with van der Waals surface area (Å²) in [7, 11) is 0. The summed E-state index contributed by atoms with van der Waals surface area (Å²) < 4.78 is 0. The molecule has 1 aliphatic carbocycles. The van der Waals surface area contributed by atoms with Crippen LogP contribution in [0, 0.1) is 11.3 Å². The fourth-order valence-electron chi connectivity index (χ4n) is 5.01. The highest BCUT2D eigenvalue weighted by Crippen LogP contribution is 2.50. The number of likely N-dealkylation sites (tertiary alicyclic amines) is 1. The molecule has 3 rings (SSSR count). The summed E-state index contributed by atoms with van der Waals surface area (Å²) in [6.45, 7) is 2.57. The van der Waals surface area contributed by atoms with E-state index in [-0.39, 0.29) is 17.6 Å². The van der Waals surface area contributed by atoms with E-state index in [0.717, 1.165) is 31.2 Å². The standard InChI is InChI=1S/C23H33NO3/c1-2-3-4-5-9-13-19-16-21(26)24(17-18-11-7-6-8-12-18)22(27)23(19)15-10-14-20(23)25/h6-8,11-12,19,21,26H,2-5,9-10,13-17H2,1H3/t19-,21+,23-/m0/s1. The molecule has 1 aromatic rings. The molecule has 2 aliphatic rings. The normalized spacial score (nSPS) is 28.3. The molecular weight excluding hydrogens is 338 g/mol. The Morgan fingerprint density at radius 2 is 1.85 bits per heavy atom. The Morgan fingerprint density at radius 3 is 2.52 bits per heavy atom. The predicted octanol–water partition coefficient (Wildman–Crippen LogP) is 4.45. The van der Waals surface area contributed by atoms with Crippen LogP contribution in [0.25, 0.3) is 0 Å². The van der Waals surface area contributed by atoms with Crippen molar-refractivity contribution in [2.75, 3.05) is 0 Å². The van der Waals surface area contributed by atoms with Gasteiger partial charge in [0, 0.05) is 13.0 Å². The van der Waals surface area contributed by atoms with Crippen LogP contribution in [-0.4, -0.2) is 27.9 Å². The van der Waals surface area contributed by atoms with E-state index in [2.05, 4.69) is 6.92 Å². The minimum Gasteiger partial charge on any atom is -0.374 e. The molecular formula is C23H33NO3. The number of hydrogen-bond donors (Lipinski definition) is 1. The zero-order chi connectivity index (χ0) is 19.3. The Hall–Kier alpha value is -1.68. The number of ketones is 1. The molecule has 0 radical (unpaired) electrons. The molecule has 0 bridgehead atoms. The molecule has 1 heterocycles. The maximum atomic E-state index is 13.5. The van der Waals surface area contributed by atoms with Gasteiger partial charge in [-0.3, -0.25) is 9.59 Å². The lowest BCUT2D eigenvalue weighted by Gasteiger charge is -2.47. The molecule has 4 nitrogen and oxygen atoms in total. The molecule has 1 amide bonds. The summed E-state index contributed by atoms with van der Waals surface area (Å²) in [5.41, 5.74) is 0.113. The lowest BCUT2D eigenvalue weighted by Crippen LogP contribution is -2.59. The fourth-order valence-corrected chi connectivity index (χ4v) is 5.01. The number of benzene rings is 1. The number of rotatable bonds is 8. The highest BCUT2D eigenvalue weighted by atomic mass is 16.3. The van der Waals surface area contributed by atoms with Gasteiger partial charge in [-0.1, -0.05) is 69.4 Å². The van der Waals surface area contributed by atoms with Gasteiger partial charge in [-0.25, -0.2) is 0 Å². The monoisotopic (exact) mass is 371 g/mol. The Labute approximate surface area is 163 Å². The third kappa shape index (κ3) is 4.11. The molecule has 0 aromatic heterocycles. The number of carbonyl (C=O) groups is 2. The number of amides is 1. The number of Topliss-reactive ketones (excluding diaryl/α,β-unsaturated/α-hetero) is 1. The van der Waals surface area contributed by atoms with E-state index in [0.29, 0.717) is 25.8 Å². The van der Waals surface area contributed by atoms with E-state index in [9.17, 15) is 14.7 Å². The van der Waals surface area contributed by atoms with Crippen LogP contribution in [0.15, 0.2) is 30.3 Å². The topological polar surface area (TPSA) is 57.6 Å². The van der Waals surface area contributed by atoms with Crippen LogP contribution in [0.1, 0.15) is 76.7 Å². The third-order valence-electron chi connectivity index (χ3n) is 6.52. The molecule has 1 aromatic carbocycles. The van der Waals surface area contributed by atoms with E-state index in [1.54, 1.807) is 4.90 Å². The summed E-state index contributed by atoms with van der Waals surface area (Å²) >= 11 is 0. The van der Waals surface area contributed by atoms with Crippen molar-refractivity contribution < 1.29 is 14.7 Å². The number of unbranched alkanes of at least 4 members (excludes halogenated alkanes) is 4. The van der Waals surface area contributed by atoms with Crippen LogP contribution < -0.4 is 0 Å². The number of hydrogen-bond acceptors (Lipinski definition) is 3. The van der Waals surface area contributed by atoms with Crippen LogP contribution in [0.4, 0.5) is 0 Å². The van der Waals surface area contributed by atoms with Crippen molar-refractivity contribution in [2.45, 2.75) is 83.9 Å². The fraction of sp³-hybridized carbons (Fsp3) is 0.652. The van der Waals surface area contributed by atoms with Gasteiger partial charge in [0.05, 0.1) is 0 Å². The zero-order valence-electron chi connectivity index (χ0n) is 16.5. The van der Waals surface area contributed by atoms with Crippen LogP contribution in [0.3, 0.4) is 0 Å². The van der Waals surface area contributed by atoms with Gasteiger partial charge in [-0.15, -0.1) is 0 Å². The molecule has 1 N–H and O–H groups in total. The second-order valence-corrected chi connectivity index (χ2v) is 8.28. The van der Waals surface area contributed by atoms with Crippen molar-refractivity contribution in [1.29, 1.82) is 0 Å². The minimum atomic E-state index is -0.876. The zero-order valence-corrected chi connectivity index (χ0v) is 16.5. The van der Waals surface area contributed by atoms with Gasteiger partial charge in [-0.2, -0.15) is 0 Å². The van der Waals surface area contributed by atoms with Crippen molar-refractivity contribution in [3.63, 3.8) is 0 Å². The van der Waals surface area contributed by atoms with Crippen molar-refractivity contribution in [3.8, 4) is 0 Å². The van der Waals surface area contributed by atoms with E-state index in [1.807, 2.05) is 30.3 Å². The lowest BCUT2D eigenvalue weighted by atomic mass is 9.66. The Bertz CT molecular complexity index is 644. The summed E-state index contributed by atoms with van der Waals surface area (Å²) in [6.07, 6.45) is 8.40. The minimum absolute atomic E-state index is 0.0105. The van der Waals surface area contributed by atoms with Gasteiger partial charge in [0.15, 0.2) is 0 Å². The maximum Gasteiger partial charge on any atom is 0.238 e. The highest BCUT2D eigenvalue weighted by molar-refractivity contribution is 6.08. The molecule has 4 heteroatoms. The smallest absolute Gasteiger partial charge is 0.238 e. The molecule has 1 saturated heterocycles. The molecule has 2 fully saturated rings. The van der Waals surface area contributed by atoms with E-state index < -0.39 is 11.6 Å². The first kappa shape index (κ1) is 20.1. The second-order valence-electron chi connectivity index (χ2n) is 8.28. The van der Waals surface area contributed by atoms with E-state index in [4.69, 9.17) is 0 Å². The molecule has 1 saturated carbocycles. The molecule has 1 spiro atoms. The number of piperidine rings is 1. The molecule has 1 aliphatic heterocycles. The van der Waals surface area contributed by atoms with Gasteiger partial charge in [-0.05, 0) is 37.2 Å². The van der Waals surface area contributed by atoms with Crippen molar-refractivity contribution in [1.82, 2.24) is 4.90 Å². The second kappa shape index (κ2) is 9.01. The number of aliphatic hydroxyl groups is 1. The first-order chi connectivity index (χ1) is 13.1. The summed E-state index contributed by atoms with van der Waals surface area (Å²) in [5, 5.41) is 10.7. The van der Waals surface area contributed by atoms with E-state index in [1.165, 1.54) is 19.3 Å². The molecule has 3 atom stereocenters. The molecule has 27 heavy (non-hydrogen) atoms. The summed E-state index contributed by atoms with van der Waals surface area (Å²) in [5.74, 6) is -0.0363. The lowest BCUT2D eigenvalue weighted by molar-refractivity contribution is -0.174. The molecule has 148 valence electrons. The van der Waals surface area contributed by atoms with Crippen molar-refractivity contribution in [3.05, 3.63) is 35.9 Å². The third-order valence-corrected chi connectivity index (χ3v) is 6.52. The van der Waals surface area contributed by atoms with Crippen LogP contribution in [0.2, 0.25) is 0 Å². The first-order valence-corrected chi connectivity index (χ1v) is 10.7. The van der Waals surface area contributed by atoms with Crippen molar-refractivity contribution in [2.24, 2.45) is 11.3 Å². The van der Waals surface area contributed by atoms with Crippen molar-refractivity contribution >= 4 is 11.7 Å². The predicted molar refractivity (Wildman–Crippen MR) is 106 cm³/mol. The van der Waals surface area contributed by atoms with Gasteiger partial charge in [0.2, 0.25) is 5.91 Å². The van der Waals surface area contributed by atoms with Crippen LogP contribution >= 0.6 is 0 Å². The Kier molecular flexibility index (Phi) is 6.69. The largest absolute Gasteiger partial charge is 0.374 e. The first-order valence-electron chi connectivity index (χ1n) is 10.7. The van der Waals surface area contributed by atoms with Crippen LogP contribution in [0.5, 0.6) is 0 Å². The van der Waals surface area contributed by atoms with Gasteiger partial charge in [0.25, 0.3) is 0 Å². The average molecular weight is 372 g/mol. The average Bonchev–Trinajstić information content (AvgIpc) is 3.06. The maximum absolute atomic E-state index is 13.5. The Morgan fingerprint density at radius 1 is 1.11 bits per heavy atom. The Balaban J connectivity index is 1.75. The van der Waals surface area contributed by atoms with Gasteiger partial charge in [0.1, 0.15) is 17.4 Å². The number of aliphatic hydroxyl groups excluding tert-OH is 1. The summed E-state index contributed by atoms with van der Waals surface area (Å²) in [4.78, 5) is 27.9. The van der Waals surface area contributed by atoms with E-state index >= 15 is 0 Å². The number of carbonyl (C=O) groups excluding carboxylic acids is 2. The van der Waals surface area contributed by atoms with Gasteiger partial charge < -0.3 is 10.0 Å². The van der Waals surface area contributed by atoms with Crippen LogP contribution in [-0.2, 0) is 16.1 Å².